The summed E-state index contributed by atoms with van der Waals surface area (Å²) in [7, 11) is 0. The van der Waals surface area contributed by atoms with Gasteiger partial charge in [0, 0.05) is 18.5 Å². The Morgan fingerprint density at radius 2 is 2.00 bits per heavy atom. The average molecular weight is 301 g/mol. The molecule has 0 spiro atoms. The molecule has 4 atom stereocenters. The molecule has 1 aromatic carbocycles. The Bertz CT molecular complexity index is 560. The van der Waals surface area contributed by atoms with Crippen LogP contribution in [-0.2, 0) is 4.79 Å². The molecule has 118 valence electrons. The van der Waals surface area contributed by atoms with E-state index in [1.54, 1.807) is 6.92 Å². The lowest BCUT2D eigenvalue weighted by Gasteiger charge is -2.26. The zero-order chi connectivity index (χ0) is 15.7. The van der Waals surface area contributed by atoms with Crippen molar-refractivity contribution in [2.24, 2.45) is 11.7 Å². The van der Waals surface area contributed by atoms with Crippen molar-refractivity contribution < 1.29 is 9.59 Å². The van der Waals surface area contributed by atoms with Crippen molar-refractivity contribution in [2.75, 3.05) is 6.54 Å². The summed E-state index contributed by atoms with van der Waals surface area (Å²) in [6, 6.07) is 9.53. The molecule has 1 saturated carbocycles. The number of likely N-dealkylation sites (tertiary alicyclic amines) is 1. The number of nitrogens with two attached hydrogens (primary N) is 1. The number of urea groups is 1. The van der Waals surface area contributed by atoms with Gasteiger partial charge in [-0.15, -0.1) is 0 Å². The Labute approximate surface area is 130 Å². The van der Waals surface area contributed by atoms with Crippen LogP contribution in [0.1, 0.15) is 37.7 Å². The summed E-state index contributed by atoms with van der Waals surface area (Å²) in [5.41, 5.74) is 6.44. The fraction of sp³-hybridized carbons (Fsp3) is 0.529. The average Bonchev–Trinajstić information content (AvgIpc) is 3.08. The molecule has 5 heteroatoms. The summed E-state index contributed by atoms with van der Waals surface area (Å²) < 4.78 is 0. The number of carbonyl (C=O) groups excluding carboxylic acids is 2. The smallest absolute Gasteiger partial charge is 0.312 e. The zero-order valence-electron chi connectivity index (χ0n) is 12.9. The number of hydrogen-bond donors (Lipinski definition) is 2. The van der Waals surface area contributed by atoms with Crippen molar-refractivity contribution >= 4 is 11.9 Å². The molecular weight excluding hydrogens is 278 g/mol. The second-order valence-corrected chi connectivity index (χ2v) is 6.40. The van der Waals surface area contributed by atoms with Gasteiger partial charge in [-0.25, -0.2) is 4.79 Å². The van der Waals surface area contributed by atoms with E-state index in [4.69, 9.17) is 5.73 Å². The Morgan fingerprint density at radius 1 is 1.27 bits per heavy atom. The minimum absolute atomic E-state index is 0.0193. The fourth-order valence-electron chi connectivity index (χ4n) is 4.14. The summed E-state index contributed by atoms with van der Waals surface area (Å²) in [5, 5.41) is 2.50. The molecule has 1 heterocycles. The van der Waals surface area contributed by atoms with Crippen LogP contribution in [0.2, 0.25) is 0 Å². The van der Waals surface area contributed by atoms with E-state index in [1.807, 2.05) is 11.0 Å². The molecule has 5 nitrogen and oxygen atoms in total. The van der Waals surface area contributed by atoms with Crippen molar-refractivity contribution in [3.63, 3.8) is 0 Å². The highest BCUT2D eigenvalue weighted by molar-refractivity contribution is 5.86. The van der Waals surface area contributed by atoms with Gasteiger partial charge in [-0.2, -0.15) is 0 Å². The summed E-state index contributed by atoms with van der Waals surface area (Å²) >= 11 is 0. The van der Waals surface area contributed by atoms with Crippen LogP contribution >= 0.6 is 0 Å². The molecule has 2 fully saturated rings. The first kappa shape index (κ1) is 14.9. The van der Waals surface area contributed by atoms with Crippen LogP contribution in [0.3, 0.4) is 0 Å². The van der Waals surface area contributed by atoms with Crippen LogP contribution in [-0.4, -0.2) is 35.5 Å². The number of hydrogen-bond acceptors (Lipinski definition) is 2. The Kier molecular flexibility index (Phi) is 4.05. The number of primary amides is 1. The normalized spacial score (nSPS) is 28.2. The van der Waals surface area contributed by atoms with Crippen LogP contribution in [0.4, 0.5) is 4.79 Å². The lowest BCUT2D eigenvalue weighted by Crippen LogP contribution is -2.50. The first-order valence-corrected chi connectivity index (χ1v) is 7.99. The number of nitrogens with zero attached hydrogens (tertiary/aromatic N) is 1. The molecule has 1 aliphatic heterocycles. The number of nitrogens with one attached hydrogen (secondary N) is 1. The van der Waals surface area contributed by atoms with E-state index in [0.717, 1.165) is 13.0 Å². The molecule has 1 aliphatic carbocycles. The largest absolute Gasteiger partial charge is 0.352 e. The van der Waals surface area contributed by atoms with Crippen molar-refractivity contribution in [1.82, 2.24) is 10.2 Å². The van der Waals surface area contributed by atoms with Crippen LogP contribution in [0.5, 0.6) is 0 Å². The molecule has 22 heavy (non-hydrogen) atoms. The molecule has 2 aliphatic rings. The lowest BCUT2D eigenvalue weighted by atomic mass is 9.87. The molecule has 0 radical (unpaired) electrons. The second kappa shape index (κ2) is 5.99. The molecule has 3 N–H and O–H groups in total. The summed E-state index contributed by atoms with van der Waals surface area (Å²) in [6.45, 7) is 2.44. The third-order valence-corrected chi connectivity index (χ3v) is 5.08. The first-order valence-electron chi connectivity index (χ1n) is 7.99. The summed E-state index contributed by atoms with van der Waals surface area (Å²) in [6.07, 6.45) is 3.40. The highest BCUT2D eigenvalue weighted by Gasteiger charge is 2.47. The lowest BCUT2D eigenvalue weighted by molar-refractivity contribution is -0.133. The first-order chi connectivity index (χ1) is 10.6. The maximum atomic E-state index is 12.7. The topological polar surface area (TPSA) is 75.4 Å². The Morgan fingerprint density at radius 3 is 2.68 bits per heavy atom. The molecule has 1 saturated heterocycles. The van der Waals surface area contributed by atoms with Crippen LogP contribution in [0.25, 0.3) is 0 Å². The van der Waals surface area contributed by atoms with E-state index in [0.29, 0.717) is 17.9 Å². The number of rotatable bonds is 3. The number of carbonyl (C=O) groups is 2. The maximum absolute atomic E-state index is 12.7. The third-order valence-electron chi connectivity index (χ3n) is 5.08. The van der Waals surface area contributed by atoms with E-state index in [9.17, 15) is 9.59 Å². The minimum atomic E-state index is -0.650. The SMILES string of the molecule is CC(NC(N)=O)C(=O)N1CC(c2ccccc2)C2CCCC21. The van der Waals surface area contributed by atoms with Crippen LogP contribution < -0.4 is 11.1 Å². The van der Waals surface area contributed by atoms with Gasteiger partial charge < -0.3 is 16.0 Å². The molecule has 3 rings (SSSR count). The minimum Gasteiger partial charge on any atom is -0.352 e. The number of amides is 3. The van der Waals surface area contributed by atoms with Crippen molar-refractivity contribution in [3.05, 3.63) is 35.9 Å². The molecule has 3 amide bonds. The van der Waals surface area contributed by atoms with E-state index < -0.39 is 12.1 Å². The van der Waals surface area contributed by atoms with Gasteiger partial charge in [-0.1, -0.05) is 36.8 Å². The predicted octanol–water partition coefficient (Wildman–Crippen LogP) is 1.84. The molecular formula is C17H23N3O2. The monoisotopic (exact) mass is 301 g/mol. The van der Waals surface area contributed by atoms with Crippen molar-refractivity contribution in [3.8, 4) is 0 Å². The maximum Gasteiger partial charge on any atom is 0.312 e. The Hall–Kier alpha value is -2.04. The van der Waals surface area contributed by atoms with E-state index in [-0.39, 0.29) is 5.91 Å². The van der Waals surface area contributed by atoms with Gasteiger partial charge >= 0.3 is 6.03 Å². The zero-order valence-corrected chi connectivity index (χ0v) is 12.9. The summed E-state index contributed by atoms with van der Waals surface area (Å²) in [4.78, 5) is 25.6. The van der Waals surface area contributed by atoms with E-state index in [2.05, 4.69) is 29.6 Å². The van der Waals surface area contributed by atoms with Gasteiger partial charge in [0.15, 0.2) is 0 Å². The molecule has 0 bridgehead atoms. The summed E-state index contributed by atoms with van der Waals surface area (Å²) in [5.74, 6) is 0.916. The number of benzene rings is 1. The van der Waals surface area contributed by atoms with Crippen LogP contribution in [0, 0.1) is 5.92 Å². The van der Waals surface area contributed by atoms with Gasteiger partial charge in [0.2, 0.25) is 5.91 Å². The highest BCUT2D eigenvalue weighted by Crippen LogP contribution is 2.46. The van der Waals surface area contributed by atoms with Crippen molar-refractivity contribution in [2.45, 2.75) is 44.2 Å². The molecule has 4 unspecified atom stereocenters. The van der Waals surface area contributed by atoms with Gasteiger partial charge in [-0.05, 0) is 31.2 Å². The Balaban J connectivity index is 1.79. The van der Waals surface area contributed by atoms with Gasteiger partial charge in [-0.3, -0.25) is 4.79 Å². The quantitative estimate of drug-likeness (QED) is 0.894. The van der Waals surface area contributed by atoms with E-state index >= 15 is 0 Å². The van der Waals surface area contributed by atoms with Gasteiger partial charge in [0.25, 0.3) is 0 Å². The second-order valence-electron chi connectivity index (χ2n) is 6.40. The van der Waals surface area contributed by atoms with Gasteiger partial charge in [0.05, 0.1) is 0 Å². The third kappa shape index (κ3) is 2.67. The predicted molar refractivity (Wildman–Crippen MR) is 84.2 cm³/mol. The fourth-order valence-corrected chi connectivity index (χ4v) is 4.14. The van der Waals surface area contributed by atoms with Crippen molar-refractivity contribution in [1.29, 1.82) is 0 Å². The highest BCUT2D eigenvalue weighted by atomic mass is 16.2. The molecule has 1 aromatic rings. The standard InChI is InChI=1S/C17H23N3O2/c1-11(19-17(18)22)16(21)20-10-14(12-6-3-2-4-7-12)13-8-5-9-15(13)20/h2-4,6-7,11,13-15H,5,8-10H2,1H3,(H3,18,19,22). The van der Waals surface area contributed by atoms with Crippen LogP contribution in [0.15, 0.2) is 30.3 Å². The molecule has 0 aromatic heterocycles. The number of fused-ring (bicyclic) bond motifs is 1. The van der Waals surface area contributed by atoms with E-state index in [1.165, 1.54) is 18.4 Å². The van der Waals surface area contributed by atoms with Gasteiger partial charge in [0.1, 0.15) is 6.04 Å².